The van der Waals surface area contributed by atoms with Gasteiger partial charge in [0.15, 0.2) is 5.78 Å². The number of ketones is 1. The smallest absolute Gasteiger partial charge is 0.163 e. The van der Waals surface area contributed by atoms with Gasteiger partial charge in [-0.3, -0.25) is 9.78 Å². The summed E-state index contributed by atoms with van der Waals surface area (Å²) in [6.07, 6.45) is 4.89. The van der Waals surface area contributed by atoms with Crippen molar-refractivity contribution in [1.82, 2.24) is 4.98 Å². The second-order valence-corrected chi connectivity index (χ2v) is 4.97. The number of aryl methyl sites for hydroxylation is 1. The number of rotatable bonds is 6. The summed E-state index contributed by atoms with van der Waals surface area (Å²) in [5.74, 6) is 0.948. The summed E-state index contributed by atoms with van der Waals surface area (Å²) in [4.78, 5) is 16.1. The van der Waals surface area contributed by atoms with E-state index in [4.69, 9.17) is 4.74 Å². The highest BCUT2D eigenvalue weighted by atomic mass is 16.5. The second-order valence-electron chi connectivity index (χ2n) is 4.97. The summed E-state index contributed by atoms with van der Waals surface area (Å²) in [6, 6.07) is 11.2. The molecule has 0 aliphatic carbocycles. The number of carbonyl (C=O) groups is 1. The zero-order valence-corrected chi connectivity index (χ0v) is 11.9. The molecule has 0 bridgehead atoms. The lowest BCUT2D eigenvalue weighted by Crippen LogP contribution is -2.06. The average Bonchev–Trinajstić information content (AvgIpc) is 2.46. The number of Topliss-reactive ketones (excluding diaryl/α,β-unsaturated/α-hetero) is 1. The fourth-order valence-corrected chi connectivity index (χ4v) is 1.94. The van der Waals surface area contributed by atoms with Gasteiger partial charge in [0.05, 0.1) is 6.10 Å². The minimum Gasteiger partial charge on any atom is -0.491 e. The summed E-state index contributed by atoms with van der Waals surface area (Å²) >= 11 is 0. The van der Waals surface area contributed by atoms with Crippen molar-refractivity contribution in [3.05, 3.63) is 59.9 Å². The van der Waals surface area contributed by atoms with Crippen LogP contribution >= 0.6 is 0 Å². The Balaban J connectivity index is 1.92. The highest BCUT2D eigenvalue weighted by Crippen LogP contribution is 2.15. The Morgan fingerprint density at radius 2 is 1.75 bits per heavy atom. The van der Waals surface area contributed by atoms with Gasteiger partial charge in [-0.1, -0.05) is 0 Å². The van der Waals surface area contributed by atoms with Crippen LogP contribution in [0.15, 0.2) is 48.8 Å². The highest BCUT2D eigenvalue weighted by molar-refractivity contribution is 5.96. The minimum absolute atomic E-state index is 0.142. The van der Waals surface area contributed by atoms with Gasteiger partial charge < -0.3 is 4.74 Å². The SMILES string of the molecule is CC(C)Oc1ccc(C(=O)CCc2ccncc2)cc1. The lowest BCUT2D eigenvalue weighted by molar-refractivity contribution is 0.0983. The molecular formula is C17H19NO2. The van der Waals surface area contributed by atoms with Crippen LogP contribution in [-0.4, -0.2) is 16.9 Å². The quantitative estimate of drug-likeness (QED) is 0.751. The molecule has 3 nitrogen and oxygen atoms in total. The van der Waals surface area contributed by atoms with Crippen molar-refractivity contribution in [3.8, 4) is 5.75 Å². The Kier molecular flexibility index (Phi) is 4.88. The number of carbonyl (C=O) groups excluding carboxylic acids is 1. The van der Waals surface area contributed by atoms with Crippen molar-refractivity contribution in [2.45, 2.75) is 32.8 Å². The molecule has 0 spiro atoms. The first kappa shape index (κ1) is 14.3. The molecule has 2 aromatic rings. The van der Waals surface area contributed by atoms with Gasteiger partial charge in [0, 0.05) is 24.4 Å². The first-order valence-corrected chi connectivity index (χ1v) is 6.84. The van der Waals surface area contributed by atoms with Gasteiger partial charge in [-0.25, -0.2) is 0 Å². The van der Waals surface area contributed by atoms with Gasteiger partial charge in [-0.2, -0.15) is 0 Å². The molecule has 0 amide bonds. The van der Waals surface area contributed by atoms with E-state index in [1.165, 1.54) is 0 Å². The molecular weight excluding hydrogens is 250 g/mol. The van der Waals surface area contributed by atoms with E-state index in [0.29, 0.717) is 6.42 Å². The van der Waals surface area contributed by atoms with Gasteiger partial charge in [-0.05, 0) is 62.2 Å². The van der Waals surface area contributed by atoms with Crippen LogP contribution in [0.5, 0.6) is 5.75 Å². The van der Waals surface area contributed by atoms with Gasteiger partial charge in [0.25, 0.3) is 0 Å². The van der Waals surface area contributed by atoms with E-state index in [1.54, 1.807) is 12.4 Å². The lowest BCUT2D eigenvalue weighted by atomic mass is 10.0. The number of aromatic nitrogens is 1. The van der Waals surface area contributed by atoms with E-state index >= 15 is 0 Å². The predicted octanol–water partition coefficient (Wildman–Crippen LogP) is 3.68. The molecule has 2 rings (SSSR count). The van der Waals surface area contributed by atoms with Gasteiger partial charge in [0.1, 0.15) is 5.75 Å². The summed E-state index contributed by atoms with van der Waals surface area (Å²) in [7, 11) is 0. The number of ether oxygens (including phenoxy) is 1. The predicted molar refractivity (Wildman–Crippen MR) is 79.1 cm³/mol. The zero-order valence-electron chi connectivity index (χ0n) is 11.9. The molecule has 0 aliphatic heterocycles. The molecule has 0 fully saturated rings. The van der Waals surface area contributed by atoms with Crippen molar-refractivity contribution in [2.24, 2.45) is 0 Å². The molecule has 1 heterocycles. The van der Waals surface area contributed by atoms with Crippen LogP contribution in [0.4, 0.5) is 0 Å². The molecule has 0 N–H and O–H groups in total. The molecule has 0 saturated heterocycles. The molecule has 1 aromatic heterocycles. The summed E-state index contributed by atoms with van der Waals surface area (Å²) in [6.45, 7) is 3.96. The molecule has 3 heteroatoms. The molecule has 0 atom stereocenters. The van der Waals surface area contributed by atoms with Crippen molar-refractivity contribution in [2.75, 3.05) is 0 Å². The fourth-order valence-electron chi connectivity index (χ4n) is 1.94. The van der Waals surface area contributed by atoms with Crippen LogP contribution in [0, 0.1) is 0 Å². The summed E-state index contributed by atoms with van der Waals surface area (Å²) in [5, 5.41) is 0. The Morgan fingerprint density at radius 3 is 2.35 bits per heavy atom. The van der Waals surface area contributed by atoms with Crippen LogP contribution in [-0.2, 0) is 6.42 Å². The monoisotopic (exact) mass is 269 g/mol. The third-order valence-electron chi connectivity index (χ3n) is 2.94. The third kappa shape index (κ3) is 4.19. The van der Waals surface area contributed by atoms with Crippen LogP contribution in [0.3, 0.4) is 0 Å². The topological polar surface area (TPSA) is 39.2 Å². The normalized spacial score (nSPS) is 10.6. The number of hydrogen-bond acceptors (Lipinski definition) is 3. The molecule has 0 unspecified atom stereocenters. The van der Waals surface area contributed by atoms with Gasteiger partial charge in [0.2, 0.25) is 0 Å². The molecule has 0 saturated carbocycles. The Hall–Kier alpha value is -2.16. The maximum absolute atomic E-state index is 12.1. The van der Waals surface area contributed by atoms with Crippen LogP contribution in [0.1, 0.15) is 36.2 Å². The lowest BCUT2D eigenvalue weighted by Gasteiger charge is -2.09. The molecule has 20 heavy (non-hydrogen) atoms. The standard InChI is InChI=1S/C17H19NO2/c1-13(2)20-16-6-4-15(5-7-16)17(19)8-3-14-9-11-18-12-10-14/h4-7,9-13H,3,8H2,1-2H3. The zero-order chi connectivity index (χ0) is 14.4. The van der Waals surface area contributed by atoms with E-state index in [9.17, 15) is 4.79 Å². The molecule has 0 aliphatic rings. The number of benzene rings is 1. The van der Waals surface area contributed by atoms with Gasteiger partial charge in [-0.15, -0.1) is 0 Å². The Labute approximate surface area is 119 Å². The van der Waals surface area contributed by atoms with Crippen LogP contribution in [0.2, 0.25) is 0 Å². The van der Waals surface area contributed by atoms with Crippen LogP contribution in [0.25, 0.3) is 0 Å². The first-order chi connectivity index (χ1) is 9.65. The average molecular weight is 269 g/mol. The van der Waals surface area contributed by atoms with E-state index in [0.717, 1.165) is 23.3 Å². The Morgan fingerprint density at radius 1 is 1.10 bits per heavy atom. The van der Waals surface area contributed by atoms with Crippen molar-refractivity contribution in [3.63, 3.8) is 0 Å². The highest BCUT2D eigenvalue weighted by Gasteiger charge is 2.07. The van der Waals surface area contributed by atoms with Crippen molar-refractivity contribution < 1.29 is 9.53 Å². The maximum atomic E-state index is 12.1. The molecule has 104 valence electrons. The van der Waals surface area contributed by atoms with Gasteiger partial charge >= 0.3 is 0 Å². The molecule has 0 radical (unpaired) electrons. The first-order valence-electron chi connectivity index (χ1n) is 6.84. The number of hydrogen-bond donors (Lipinski definition) is 0. The number of pyridine rings is 1. The van der Waals surface area contributed by atoms with E-state index in [1.807, 2.05) is 50.2 Å². The molecule has 1 aromatic carbocycles. The van der Waals surface area contributed by atoms with E-state index in [-0.39, 0.29) is 11.9 Å². The second kappa shape index (κ2) is 6.85. The van der Waals surface area contributed by atoms with E-state index < -0.39 is 0 Å². The third-order valence-corrected chi connectivity index (χ3v) is 2.94. The van der Waals surface area contributed by atoms with Crippen molar-refractivity contribution >= 4 is 5.78 Å². The van der Waals surface area contributed by atoms with Crippen molar-refractivity contribution in [1.29, 1.82) is 0 Å². The Bertz CT molecular complexity index is 547. The summed E-state index contributed by atoms with van der Waals surface area (Å²) < 4.78 is 5.56. The minimum atomic E-state index is 0.142. The fraction of sp³-hybridized carbons (Fsp3) is 0.294. The number of nitrogens with zero attached hydrogens (tertiary/aromatic N) is 1. The largest absolute Gasteiger partial charge is 0.491 e. The maximum Gasteiger partial charge on any atom is 0.163 e. The summed E-state index contributed by atoms with van der Waals surface area (Å²) in [5.41, 5.74) is 1.86. The van der Waals surface area contributed by atoms with Crippen LogP contribution < -0.4 is 4.74 Å². The van der Waals surface area contributed by atoms with E-state index in [2.05, 4.69) is 4.98 Å².